The first-order chi connectivity index (χ1) is 8.24. The molecule has 1 aromatic carbocycles. The van der Waals surface area contributed by atoms with E-state index in [1.165, 1.54) is 28.6 Å². The molecule has 1 aromatic rings. The molecule has 0 spiro atoms. The monoisotopic (exact) mass is 296 g/mol. The lowest BCUT2D eigenvalue weighted by Gasteiger charge is -2.22. The molecule has 3 heteroatoms. The molecule has 0 aromatic heterocycles. The van der Waals surface area contributed by atoms with Crippen LogP contribution >= 0.6 is 15.9 Å². The van der Waals surface area contributed by atoms with Crippen molar-refractivity contribution in [2.75, 3.05) is 18.0 Å². The van der Waals surface area contributed by atoms with Crippen molar-refractivity contribution in [3.8, 4) is 0 Å². The Labute approximate surface area is 113 Å². The molecule has 0 unspecified atom stereocenters. The van der Waals surface area contributed by atoms with Gasteiger partial charge in [0, 0.05) is 35.8 Å². The molecule has 2 rings (SSSR count). The fourth-order valence-electron chi connectivity index (χ4n) is 2.01. The van der Waals surface area contributed by atoms with Crippen LogP contribution in [0.1, 0.15) is 32.3 Å². The van der Waals surface area contributed by atoms with Crippen LogP contribution in [0, 0.1) is 0 Å². The van der Waals surface area contributed by atoms with E-state index in [0.29, 0.717) is 0 Å². The summed E-state index contributed by atoms with van der Waals surface area (Å²) in [6.45, 7) is 7.48. The molecule has 1 fully saturated rings. The predicted octanol–water partition coefficient (Wildman–Crippen LogP) is 3.55. The third-order valence-electron chi connectivity index (χ3n) is 3.32. The van der Waals surface area contributed by atoms with Gasteiger partial charge in [0.2, 0.25) is 0 Å². The van der Waals surface area contributed by atoms with E-state index in [1.54, 1.807) is 0 Å². The molecule has 1 aliphatic rings. The van der Waals surface area contributed by atoms with Gasteiger partial charge in [0.15, 0.2) is 0 Å². The molecule has 0 aliphatic heterocycles. The van der Waals surface area contributed by atoms with Gasteiger partial charge in [0.05, 0.1) is 0 Å². The van der Waals surface area contributed by atoms with Crippen LogP contribution < -0.4 is 10.2 Å². The Bertz CT molecular complexity index is 370. The first-order valence-corrected chi connectivity index (χ1v) is 7.30. The largest absolute Gasteiger partial charge is 0.372 e. The Balaban J connectivity index is 2.04. The predicted molar refractivity (Wildman–Crippen MR) is 77.6 cm³/mol. The summed E-state index contributed by atoms with van der Waals surface area (Å²) in [4.78, 5) is 2.36. The first kappa shape index (κ1) is 12.9. The van der Waals surface area contributed by atoms with E-state index in [0.717, 1.165) is 25.7 Å². The third-order valence-corrected chi connectivity index (χ3v) is 4.06. The molecule has 0 bridgehead atoms. The van der Waals surface area contributed by atoms with Crippen molar-refractivity contribution >= 4 is 21.6 Å². The van der Waals surface area contributed by atoms with Crippen molar-refractivity contribution in [1.82, 2.24) is 5.32 Å². The minimum absolute atomic E-state index is 0.768. The second-order valence-corrected chi connectivity index (χ2v) is 5.46. The van der Waals surface area contributed by atoms with Gasteiger partial charge in [-0.1, -0.05) is 22.0 Å². The maximum atomic E-state index is 3.68. The zero-order valence-corrected chi connectivity index (χ0v) is 12.3. The maximum absolute atomic E-state index is 3.68. The van der Waals surface area contributed by atoms with Crippen LogP contribution in [0.25, 0.3) is 0 Å². The van der Waals surface area contributed by atoms with Gasteiger partial charge in [-0.05, 0) is 44.4 Å². The fourth-order valence-corrected chi connectivity index (χ4v) is 2.51. The molecule has 2 nitrogen and oxygen atoms in total. The minimum atomic E-state index is 0.768. The highest BCUT2D eigenvalue weighted by Crippen LogP contribution is 2.25. The second-order valence-electron chi connectivity index (χ2n) is 4.60. The third kappa shape index (κ3) is 3.46. The van der Waals surface area contributed by atoms with Crippen molar-refractivity contribution < 1.29 is 0 Å². The highest BCUT2D eigenvalue weighted by atomic mass is 79.9. The van der Waals surface area contributed by atoms with Crippen molar-refractivity contribution in [1.29, 1.82) is 0 Å². The van der Waals surface area contributed by atoms with Crippen molar-refractivity contribution in [2.45, 2.75) is 39.3 Å². The molecule has 0 heterocycles. The van der Waals surface area contributed by atoms with Crippen LogP contribution in [0.3, 0.4) is 0 Å². The maximum Gasteiger partial charge on any atom is 0.0377 e. The van der Waals surface area contributed by atoms with E-state index in [2.05, 4.69) is 58.2 Å². The normalized spacial score (nSPS) is 15.0. The SMILES string of the molecule is CCN(CC)c1ccc(CNC2CC2)c(Br)c1. The van der Waals surface area contributed by atoms with Gasteiger partial charge in [-0.15, -0.1) is 0 Å². The first-order valence-electron chi connectivity index (χ1n) is 6.51. The lowest BCUT2D eigenvalue weighted by molar-refractivity contribution is 0.686. The minimum Gasteiger partial charge on any atom is -0.372 e. The number of nitrogens with one attached hydrogen (secondary N) is 1. The number of rotatable bonds is 6. The molecule has 1 aliphatic carbocycles. The topological polar surface area (TPSA) is 15.3 Å². The number of anilines is 1. The summed E-state index contributed by atoms with van der Waals surface area (Å²) in [5, 5.41) is 3.55. The highest BCUT2D eigenvalue weighted by Gasteiger charge is 2.20. The van der Waals surface area contributed by atoms with Crippen LogP contribution in [0.5, 0.6) is 0 Å². The van der Waals surface area contributed by atoms with E-state index in [-0.39, 0.29) is 0 Å². The van der Waals surface area contributed by atoms with Gasteiger partial charge in [0.1, 0.15) is 0 Å². The summed E-state index contributed by atoms with van der Waals surface area (Å²) in [6, 6.07) is 7.45. The van der Waals surface area contributed by atoms with Crippen molar-refractivity contribution in [2.24, 2.45) is 0 Å². The zero-order valence-electron chi connectivity index (χ0n) is 10.7. The van der Waals surface area contributed by atoms with E-state index in [9.17, 15) is 0 Å². The molecule has 94 valence electrons. The lowest BCUT2D eigenvalue weighted by atomic mass is 10.2. The van der Waals surface area contributed by atoms with Crippen LogP contribution in [-0.2, 0) is 6.54 Å². The number of hydrogen-bond donors (Lipinski definition) is 1. The molecule has 0 saturated heterocycles. The van der Waals surface area contributed by atoms with Gasteiger partial charge in [-0.2, -0.15) is 0 Å². The Morgan fingerprint density at radius 2 is 2.00 bits per heavy atom. The lowest BCUT2D eigenvalue weighted by Crippen LogP contribution is -2.22. The molecule has 0 amide bonds. The smallest absolute Gasteiger partial charge is 0.0377 e. The molecule has 0 atom stereocenters. The Kier molecular flexibility index (Phi) is 4.46. The Morgan fingerprint density at radius 3 is 2.53 bits per heavy atom. The number of benzene rings is 1. The molecule has 17 heavy (non-hydrogen) atoms. The summed E-state index contributed by atoms with van der Waals surface area (Å²) in [5.41, 5.74) is 2.66. The zero-order chi connectivity index (χ0) is 12.3. The van der Waals surface area contributed by atoms with Crippen LogP contribution in [0.15, 0.2) is 22.7 Å². The molecule has 1 saturated carbocycles. The molecular formula is C14H21BrN2. The summed E-state index contributed by atoms with van der Waals surface area (Å²) < 4.78 is 1.22. The Hall–Kier alpha value is -0.540. The van der Waals surface area contributed by atoms with Crippen LogP contribution in [0.2, 0.25) is 0 Å². The van der Waals surface area contributed by atoms with Gasteiger partial charge < -0.3 is 10.2 Å². The molecule has 0 radical (unpaired) electrons. The van der Waals surface area contributed by atoms with Crippen LogP contribution in [-0.4, -0.2) is 19.1 Å². The van der Waals surface area contributed by atoms with Crippen molar-refractivity contribution in [3.05, 3.63) is 28.2 Å². The summed E-state index contributed by atoms with van der Waals surface area (Å²) in [6.07, 6.45) is 2.68. The average Bonchev–Trinajstić information content (AvgIpc) is 3.13. The highest BCUT2D eigenvalue weighted by molar-refractivity contribution is 9.10. The summed E-state index contributed by atoms with van der Waals surface area (Å²) in [7, 11) is 0. The van der Waals surface area contributed by atoms with Gasteiger partial charge in [-0.3, -0.25) is 0 Å². The van der Waals surface area contributed by atoms with E-state index < -0.39 is 0 Å². The van der Waals surface area contributed by atoms with Crippen molar-refractivity contribution in [3.63, 3.8) is 0 Å². The standard InChI is InChI=1S/C14H21BrN2/c1-3-17(4-2)13-8-5-11(14(15)9-13)10-16-12-6-7-12/h5,8-9,12,16H,3-4,6-7,10H2,1-2H3. The number of hydrogen-bond acceptors (Lipinski definition) is 2. The number of nitrogens with zero attached hydrogens (tertiary/aromatic N) is 1. The van der Waals surface area contributed by atoms with Gasteiger partial charge in [0.25, 0.3) is 0 Å². The van der Waals surface area contributed by atoms with Crippen LogP contribution in [0.4, 0.5) is 5.69 Å². The van der Waals surface area contributed by atoms with E-state index >= 15 is 0 Å². The summed E-state index contributed by atoms with van der Waals surface area (Å²) >= 11 is 3.68. The van der Waals surface area contributed by atoms with Gasteiger partial charge >= 0.3 is 0 Å². The van der Waals surface area contributed by atoms with E-state index in [4.69, 9.17) is 0 Å². The average molecular weight is 297 g/mol. The fraction of sp³-hybridized carbons (Fsp3) is 0.571. The summed E-state index contributed by atoms with van der Waals surface area (Å²) in [5.74, 6) is 0. The molecule has 1 N–H and O–H groups in total. The van der Waals surface area contributed by atoms with E-state index in [1.807, 2.05) is 0 Å². The number of halogens is 1. The molecular weight excluding hydrogens is 276 g/mol. The Morgan fingerprint density at radius 1 is 1.29 bits per heavy atom. The second kappa shape index (κ2) is 5.87. The van der Waals surface area contributed by atoms with Gasteiger partial charge in [-0.25, -0.2) is 0 Å². The quantitative estimate of drug-likeness (QED) is 0.864.